The van der Waals surface area contributed by atoms with E-state index in [9.17, 15) is 4.79 Å². The lowest BCUT2D eigenvalue weighted by Crippen LogP contribution is -2.27. The normalized spacial score (nSPS) is 11.9. The van der Waals surface area contributed by atoms with Gasteiger partial charge >= 0.3 is 0 Å². The summed E-state index contributed by atoms with van der Waals surface area (Å²) in [5, 5.41) is 4.06. The van der Waals surface area contributed by atoms with Gasteiger partial charge in [0, 0.05) is 13.0 Å². The topological polar surface area (TPSA) is 42.0 Å². The number of carbonyl (C=O) groups is 1. The fourth-order valence-electron chi connectivity index (χ4n) is 1.73. The number of hydrogen-bond donors (Lipinski definition) is 1. The Morgan fingerprint density at radius 1 is 1.37 bits per heavy atom. The summed E-state index contributed by atoms with van der Waals surface area (Å²) in [7, 11) is 0. The summed E-state index contributed by atoms with van der Waals surface area (Å²) >= 11 is 1.53. The van der Waals surface area contributed by atoms with Crippen LogP contribution in [0.4, 0.5) is 0 Å². The van der Waals surface area contributed by atoms with Crippen LogP contribution in [-0.4, -0.2) is 17.4 Å². The van der Waals surface area contributed by atoms with Crippen molar-refractivity contribution >= 4 is 17.2 Å². The van der Waals surface area contributed by atoms with Gasteiger partial charge < -0.3 is 5.32 Å². The Morgan fingerprint density at radius 2 is 2.00 bits per heavy atom. The number of rotatable bonds is 5. The van der Waals surface area contributed by atoms with Crippen molar-refractivity contribution in [1.82, 2.24) is 10.3 Å². The van der Waals surface area contributed by atoms with Crippen LogP contribution in [0.3, 0.4) is 0 Å². The van der Waals surface area contributed by atoms with E-state index in [0.717, 1.165) is 35.0 Å². The molecule has 0 atom stereocenters. The second kappa shape index (κ2) is 6.51. The molecule has 108 valence electrons. The highest BCUT2D eigenvalue weighted by atomic mass is 32.1. The zero-order valence-electron chi connectivity index (χ0n) is 13.0. The van der Waals surface area contributed by atoms with Crippen LogP contribution in [0.15, 0.2) is 0 Å². The minimum atomic E-state index is 0.0225. The maximum absolute atomic E-state index is 12.1. The summed E-state index contributed by atoms with van der Waals surface area (Å²) in [5.74, 6) is 0.594. The Hall–Kier alpha value is -0.900. The number of aromatic nitrogens is 1. The zero-order valence-corrected chi connectivity index (χ0v) is 13.8. The lowest BCUT2D eigenvalue weighted by Gasteiger charge is -2.17. The largest absolute Gasteiger partial charge is 0.351 e. The van der Waals surface area contributed by atoms with E-state index in [1.165, 1.54) is 11.3 Å². The van der Waals surface area contributed by atoms with Crippen molar-refractivity contribution < 1.29 is 4.79 Å². The summed E-state index contributed by atoms with van der Waals surface area (Å²) in [6.45, 7) is 13.5. The Bertz CT molecular complexity index is 430. The molecule has 0 aliphatic carbocycles. The maximum atomic E-state index is 12.1. The van der Waals surface area contributed by atoms with Gasteiger partial charge in [0.15, 0.2) is 0 Å². The number of nitrogens with one attached hydrogen (secondary N) is 1. The maximum Gasteiger partial charge on any atom is 0.263 e. The fraction of sp³-hybridized carbons (Fsp3) is 0.733. The van der Waals surface area contributed by atoms with Crippen LogP contribution in [0, 0.1) is 18.3 Å². The van der Waals surface area contributed by atoms with Gasteiger partial charge in [-0.25, -0.2) is 4.98 Å². The van der Waals surface area contributed by atoms with Crippen LogP contribution in [0.2, 0.25) is 0 Å². The number of amides is 1. The molecule has 1 N–H and O–H groups in total. The van der Waals surface area contributed by atoms with Gasteiger partial charge in [-0.05, 0) is 24.7 Å². The predicted molar refractivity (Wildman–Crippen MR) is 81.8 cm³/mol. The molecule has 1 aromatic rings. The first-order valence-electron chi connectivity index (χ1n) is 6.93. The van der Waals surface area contributed by atoms with E-state index >= 15 is 0 Å². The van der Waals surface area contributed by atoms with Crippen LogP contribution in [0.5, 0.6) is 0 Å². The Balaban J connectivity index is 2.59. The lowest BCUT2D eigenvalue weighted by molar-refractivity contribution is 0.0953. The van der Waals surface area contributed by atoms with Gasteiger partial charge in [0.05, 0.1) is 10.7 Å². The molecular formula is C15H26N2OS. The fourth-order valence-corrected chi connectivity index (χ4v) is 2.92. The lowest BCUT2D eigenvalue weighted by atomic mass is 9.92. The summed E-state index contributed by atoms with van der Waals surface area (Å²) in [6, 6.07) is 0. The molecule has 0 radical (unpaired) electrons. The molecule has 0 bridgehead atoms. The smallest absolute Gasteiger partial charge is 0.263 e. The molecule has 3 nitrogen and oxygen atoms in total. The highest BCUT2D eigenvalue weighted by molar-refractivity contribution is 7.13. The van der Waals surface area contributed by atoms with E-state index in [1.807, 2.05) is 6.92 Å². The first kappa shape index (κ1) is 16.2. The van der Waals surface area contributed by atoms with Crippen molar-refractivity contribution in [1.29, 1.82) is 0 Å². The second-order valence-corrected chi connectivity index (χ2v) is 7.77. The van der Waals surface area contributed by atoms with Crippen molar-refractivity contribution in [3.05, 3.63) is 15.6 Å². The highest BCUT2D eigenvalue weighted by Gasteiger charge is 2.16. The monoisotopic (exact) mass is 282 g/mol. The number of aryl methyl sites for hydroxylation is 1. The molecule has 1 heterocycles. The van der Waals surface area contributed by atoms with Gasteiger partial charge in [0.2, 0.25) is 0 Å². The van der Waals surface area contributed by atoms with Crippen molar-refractivity contribution in [3.63, 3.8) is 0 Å². The number of nitrogens with zero attached hydrogens (tertiary/aromatic N) is 1. The minimum absolute atomic E-state index is 0.0225. The van der Waals surface area contributed by atoms with E-state index < -0.39 is 0 Å². The van der Waals surface area contributed by atoms with E-state index in [2.05, 4.69) is 44.9 Å². The molecule has 1 amide bonds. The SMILES string of the molecule is Cc1nc(CC(C)C)sc1C(=O)NCCC(C)(C)C. The molecular weight excluding hydrogens is 256 g/mol. The number of carbonyl (C=O) groups excluding carboxylic acids is 1. The molecule has 19 heavy (non-hydrogen) atoms. The number of thiazole rings is 1. The first-order valence-corrected chi connectivity index (χ1v) is 7.75. The molecule has 0 aliphatic heterocycles. The van der Waals surface area contributed by atoms with Gasteiger partial charge in [-0.3, -0.25) is 4.79 Å². The average molecular weight is 282 g/mol. The van der Waals surface area contributed by atoms with Gasteiger partial charge in [-0.15, -0.1) is 11.3 Å². The molecule has 4 heteroatoms. The summed E-state index contributed by atoms with van der Waals surface area (Å²) in [5.41, 5.74) is 1.10. The van der Waals surface area contributed by atoms with E-state index in [4.69, 9.17) is 0 Å². The minimum Gasteiger partial charge on any atom is -0.351 e. The third-order valence-electron chi connectivity index (χ3n) is 2.79. The summed E-state index contributed by atoms with van der Waals surface area (Å²) in [4.78, 5) is 17.4. The molecule has 0 fully saturated rings. The third-order valence-corrected chi connectivity index (χ3v) is 3.97. The third kappa shape index (κ3) is 5.72. The number of hydrogen-bond acceptors (Lipinski definition) is 3. The van der Waals surface area contributed by atoms with Crippen molar-refractivity contribution in [2.75, 3.05) is 6.54 Å². The van der Waals surface area contributed by atoms with Gasteiger partial charge in [0.1, 0.15) is 4.88 Å². The van der Waals surface area contributed by atoms with Crippen molar-refractivity contribution in [3.8, 4) is 0 Å². The van der Waals surface area contributed by atoms with Crippen molar-refractivity contribution in [2.24, 2.45) is 11.3 Å². The van der Waals surface area contributed by atoms with E-state index in [-0.39, 0.29) is 11.3 Å². The van der Waals surface area contributed by atoms with Crippen molar-refractivity contribution in [2.45, 2.75) is 54.4 Å². The molecule has 0 saturated heterocycles. The summed E-state index contributed by atoms with van der Waals surface area (Å²) in [6.07, 6.45) is 1.93. The van der Waals surface area contributed by atoms with E-state index in [1.54, 1.807) is 0 Å². The molecule has 1 aromatic heterocycles. The summed E-state index contributed by atoms with van der Waals surface area (Å²) < 4.78 is 0. The molecule has 0 aliphatic rings. The van der Waals surface area contributed by atoms with Crippen LogP contribution >= 0.6 is 11.3 Å². The molecule has 0 unspecified atom stereocenters. The predicted octanol–water partition coefficient (Wildman–Crippen LogP) is 3.82. The van der Waals surface area contributed by atoms with Crippen LogP contribution < -0.4 is 5.32 Å². The Kier molecular flexibility index (Phi) is 5.53. The molecule has 0 spiro atoms. The standard InChI is InChI=1S/C15H26N2OS/c1-10(2)9-12-17-11(3)13(19-12)14(18)16-8-7-15(4,5)6/h10H,7-9H2,1-6H3,(H,16,18). The van der Waals surface area contributed by atoms with Crippen LogP contribution in [0.25, 0.3) is 0 Å². The first-order chi connectivity index (χ1) is 8.69. The van der Waals surface area contributed by atoms with Gasteiger partial charge in [0.25, 0.3) is 5.91 Å². The van der Waals surface area contributed by atoms with E-state index in [0.29, 0.717) is 5.92 Å². The molecule has 0 saturated carbocycles. The Morgan fingerprint density at radius 3 is 2.53 bits per heavy atom. The second-order valence-electron chi connectivity index (χ2n) is 6.69. The quantitative estimate of drug-likeness (QED) is 0.892. The zero-order chi connectivity index (χ0) is 14.6. The molecule has 0 aromatic carbocycles. The van der Waals surface area contributed by atoms with Crippen LogP contribution in [0.1, 0.15) is 61.4 Å². The van der Waals surface area contributed by atoms with Gasteiger partial charge in [-0.2, -0.15) is 0 Å². The Labute approximate surface area is 120 Å². The average Bonchev–Trinajstić information content (AvgIpc) is 2.56. The van der Waals surface area contributed by atoms with Gasteiger partial charge in [-0.1, -0.05) is 34.6 Å². The molecule has 1 rings (SSSR count). The van der Waals surface area contributed by atoms with Crippen LogP contribution in [-0.2, 0) is 6.42 Å². The highest BCUT2D eigenvalue weighted by Crippen LogP contribution is 2.21.